The fourth-order valence-corrected chi connectivity index (χ4v) is 5.22. The molecule has 0 saturated heterocycles. The highest BCUT2D eigenvalue weighted by molar-refractivity contribution is 5.92. The summed E-state index contributed by atoms with van der Waals surface area (Å²) in [6.07, 6.45) is 12.2. The Kier molecular flexibility index (Phi) is 3.35. The SMILES string of the molecule is Cc1c(/C=C/C(=O)NC2C3CC4CC(C3)CC2C4)cnn1C. The lowest BCUT2D eigenvalue weighted by Gasteiger charge is -2.54. The number of aromatic nitrogens is 2. The van der Waals surface area contributed by atoms with Crippen molar-refractivity contribution >= 4 is 12.0 Å². The third-order valence-corrected chi connectivity index (χ3v) is 6.22. The van der Waals surface area contributed by atoms with Crippen molar-refractivity contribution in [3.63, 3.8) is 0 Å². The number of hydrogen-bond donors (Lipinski definition) is 1. The molecule has 1 aromatic rings. The molecule has 4 saturated carbocycles. The zero-order chi connectivity index (χ0) is 15.3. The Bertz CT molecular complexity index is 588. The molecule has 5 rings (SSSR count). The predicted molar refractivity (Wildman–Crippen MR) is 86.0 cm³/mol. The van der Waals surface area contributed by atoms with Crippen molar-refractivity contribution in [2.75, 3.05) is 0 Å². The summed E-state index contributed by atoms with van der Waals surface area (Å²) in [6, 6.07) is 0.417. The number of carbonyl (C=O) groups excluding carboxylic acids is 1. The number of carbonyl (C=O) groups is 1. The molecule has 0 spiro atoms. The van der Waals surface area contributed by atoms with Crippen LogP contribution in [0.15, 0.2) is 12.3 Å². The van der Waals surface area contributed by atoms with E-state index in [0.717, 1.165) is 34.9 Å². The minimum absolute atomic E-state index is 0.0562. The Morgan fingerprint density at radius 1 is 1.23 bits per heavy atom. The summed E-state index contributed by atoms with van der Waals surface area (Å²) in [5, 5.41) is 7.51. The van der Waals surface area contributed by atoms with E-state index in [2.05, 4.69) is 10.4 Å². The van der Waals surface area contributed by atoms with E-state index >= 15 is 0 Å². The van der Waals surface area contributed by atoms with Crippen molar-refractivity contribution in [3.8, 4) is 0 Å². The predicted octanol–water partition coefficient (Wildman–Crippen LogP) is 2.68. The van der Waals surface area contributed by atoms with Crippen LogP contribution >= 0.6 is 0 Å². The molecule has 0 atom stereocenters. The van der Waals surface area contributed by atoms with Crippen molar-refractivity contribution in [3.05, 3.63) is 23.5 Å². The highest BCUT2D eigenvalue weighted by atomic mass is 16.1. The van der Waals surface area contributed by atoms with Crippen LogP contribution in [0.4, 0.5) is 0 Å². The Hall–Kier alpha value is -1.58. The van der Waals surface area contributed by atoms with Gasteiger partial charge in [0.05, 0.1) is 6.20 Å². The van der Waals surface area contributed by atoms with E-state index < -0.39 is 0 Å². The standard InChI is InChI=1S/C18H25N3O/c1-11-14(10-19-21(11)2)3-4-17(22)20-18-15-6-12-5-13(8-15)9-16(18)7-12/h3-4,10,12-13,15-16,18H,5-9H2,1-2H3,(H,20,22)/b4-3+. The molecule has 4 nitrogen and oxygen atoms in total. The van der Waals surface area contributed by atoms with Gasteiger partial charge in [-0.25, -0.2) is 0 Å². The van der Waals surface area contributed by atoms with Crippen molar-refractivity contribution in [1.82, 2.24) is 15.1 Å². The molecule has 1 amide bonds. The first-order valence-electron chi connectivity index (χ1n) is 8.57. The van der Waals surface area contributed by atoms with Crippen LogP contribution in [0.25, 0.3) is 6.08 Å². The molecule has 0 aromatic carbocycles. The van der Waals surface area contributed by atoms with Gasteiger partial charge in [-0.15, -0.1) is 0 Å². The largest absolute Gasteiger partial charge is 0.349 e. The van der Waals surface area contributed by atoms with Crippen molar-refractivity contribution in [2.24, 2.45) is 30.7 Å². The van der Waals surface area contributed by atoms with Crippen molar-refractivity contribution in [1.29, 1.82) is 0 Å². The Morgan fingerprint density at radius 2 is 1.86 bits per heavy atom. The number of nitrogens with one attached hydrogen (secondary N) is 1. The van der Waals surface area contributed by atoms with Crippen LogP contribution in [-0.4, -0.2) is 21.7 Å². The fourth-order valence-electron chi connectivity index (χ4n) is 5.22. The summed E-state index contributed by atoms with van der Waals surface area (Å²) in [5.74, 6) is 3.41. The number of rotatable bonds is 3. The summed E-state index contributed by atoms with van der Waals surface area (Å²) >= 11 is 0. The first kappa shape index (κ1) is 14.0. The monoisotopic (exact) mass is 299 g/mol. The summed E-state index contributed by atoms with van der Waals surface area (Å²) in [7, 11) is 1.92. The van der Waals surface area contributed by atoms with Gasteiger partial charge >= 0.3 is 0 Å². The van der Waals surface area contributed by atoms with Crippen molar-refractivity contribution in [2.45, 2.75) is 45.1 Å². The number of nitrogens with zero attached hydrogens (tertiary/aromatic N) is 2. The average Bonchev–Trinajstić information content (AvgIpc) is 2.80. The molecule has 4 bridgehead atoms. The molecule has 0 radical (unpaired) electrons. The molecule has 4 fully saturated rings. The Morgan fingerprint density at radius 3 is 2.41 bits per heavy atom. The van der Waals surface area contributed by atoms with Gasteiger partial charge in [0.15, 0.2) is 0 Å². The Labute approximate surface area is 132 Å². The summed E-state index contributed by atoms with van der Waals surface area (Å²) < 4.78 is 1.83. The molecule has 4 heteroatoms. The maximum Gasteiger partial charge on any atom is 0.244 e. The first-order chi connectivity index (χ1) is 10.6. The second-order valence-corrected chi connectivity index (χ2v) is 7.61. The van der Waals surface area contributed by atoms with Crippen LogP contribution < -0.4 is 5.32 Å². The van der Waals surface area contributed by atoms with Gasteiger partial charge in [-0.3, -0.25) is 9.48 Å². The lowest BCUT2D eigenvalue weighted by molar-refractivity contribution is -0.120. The van der Waals surface area contributed by atoms with Gasteiger partial charge in [-0.1, -0.05) is 0 Å². The first-order valence-corrected chi connectivity index (χ1v) is 8.57. The van der Waals surface area contributed by atoms with E-state index in [1.54, 1.807) is 6.08 Å². The van der Waals surface area contributed by atoms with Crippen molar-refractivity contribution < 1.29 is 4.79 Å². The highest BCUT2D eigenvalue weighted by Gasteiger charge is 2.48. The summed E-state index contributed by atoms with van der Waals surface area (Å²) in [5.41, 5.74) is 2.10. The minimum Gasteiger partial charge on any atom is -0.349 e. The van der Waals surface area contributed by atoms with E-state index in [-0.39, 0.29) is 5.91 Å². The van der Waals surface area contributed by atoms with E-state index in [9.17, 15) is 4.79 Å². The minimum atomic E-state index is 0.0562. The molecule has 22 heavy (non-hydrogen) atoms. The smallest absolute Gasteiger partial charge is 0.244 e. The maximum absolute atomic E-state index is 12.3. The van der Waals surface area contributed by atoms with Crippen LogP contribution in [0.5, 0.6) is 0 Å². The zero-order valence-electron chi connectivity index (χ0n) is 13.5. The zero-order valence-corrected chi connectivity index (χ0v) is 13.5. The van der Waals surface area contributed by atoms with Gasteiger partial charge in [0, 0.05) is 30.4 Å². The quantitative estimate of drug-likeness (QED) is 0.872. The van der Waals surface area contributed by atoms with E-state index in [0.29, 0.717) is 6.04 Å². The number of aryl methyl sites for hydroxylation is 1. The van der Waals surface area contributed by atoms with Crippen LogP contribution in [0.1, 0.15) is 43.4 Å². The van der Waals surface area contributed by atoms with Gasteiger partial charge in [-0.2, -0.15) is 5.10 Å². The third-order valence-electron chi connectivity index (χ3n) is 6.22. The van der Waals surface area contributed by atoms with Crippen LogP contribution in [-0.2, 0) is 11.8 Å². The topological polar surface area (TPSA) is 46.9 Å². The second kappa shape index (κ2) is 5.25. The van der Waals surface area contributed by atoms with Crippen LogP contribution in [0, 0.1) is 30.6 Å². The van der Waals surface area contributed by atoms with Gasteiger partial charge < -0.3 is 5.32 Å². The normalized spacial score (nSPS) is 36.2. The molecule has 4 aliphatic rings. The molecular formula is C18H25N3O. The van der Waals surface area contributed by atoms with Gasteiger partial charge in [-0.05, 0) is 68.8 Å². The fraction of sp³-hybridized carbons (Fsp3) is 0.667. The molecule has 0 aliphatic heterocycles. The second-order valence-electron chi connectivity index (χ2n) is 7.61. The lowest BCUT2D eigenvalue weighted by atomic mass is 9.54. The maximum atomic E-state index is 12.3. The highest BCUT2D eigenvalue weighted by Crippen LogP contribution is 2.53. The van der Waals surface area contributed by atoms with E-state index in [1.165, 1.54) is 32.1 Å². The third kappa shape index (κ3) is 2.38. The molecule has 1 N–H and O–H groups in total. The molecule has 0 unspecified atom stereocenters. The van der Waals surface area contributed by atoms with E-state index in [4.69, 9.17) is 0 Å². The number of amides is 1. The molecular weight excluding hydrogens is 274 g/mol. The van der Waals surface area contributed by atoms with Gasteiger partial charge in [0.1, 0.15) is 0 Å². The number of hydrogen-bond acceptors (Lipinski definition) is 2. The average molecular weight is 299 g/mol. The molecule has 1 heterocycles. The summed E-state index contributed by atoms with van der Waals surface area (Å²) in [4.78, 5) is 12.3. The molecule has 4 aliphatic carbocycles. The molecule has 1 aromatic heterocycles. The van der Waals surface area contributed by atoms with Gasteiger partial charge in [0.2, 0.25) is 5.91 Å². The van der Waals surface area contributed by atoms with E-state index in [1.807, 2.05) is 30.9 Å². The summed E-state index contributed by atoms with van der Waals surface area (Å²) in [6.45, 7) is 2.02. The molecule has 118 valence electrons. The van der Waals surface area contributed by atoms with Gasteiger partial charge in [0.25, 0.3) is 0 Å². The Balaban J connectivity index is 1.41. The lowest BCUT2D eigenvalue weighted by Crippen LogP contribution is -2.55. The van der Waals surface area contributed by atoms with Crippen LogP contribution in [0.2, 0.25) is 0 Å². The van der Waals surface area contributed by atoms with Crippen LogP contribution in [0.3, 0.4) is 0 Å².